The van der Waals surface area contributed by atoms with E-state index in [2.05, 4.69) is 12.2 Å². The number of rotatable bonds is 11. The normalized spacial score (nSPS) is 11.7. The Morgan fingerprint density at radius 1 is 1.10 bits per heavy atom. The second-order valence-electron chi connectivity index (χ2n) is 7.38. The number of hydrogen-bond donors (Lipinski definition) is 1. The van der Waals surface area contributed by atoms with Crippen molar-refractivity contribution in [3.05, 3.63) is 65.5 Å². The standard InChI is InChI=1S/C24H31FN2O2S/c1-4-5-15-26-24(29)19(3)27(17-20-8-10-21(25)11-9-20)23(28)14-16-30-22-12-6-18(2)7-13-22/h6-13,19H,4-5,14-17H2,1-3H3,(H,26,29)/t19-/m1/s1. The number of carbonyl (C=O) groups excluding carboxylic acids is 2. The number of unbranched alkanes of at least 4 members (excludes halogenated alkanes) is 1. The summed E-state index contributed by atoms with van der Waals surface area (Å²) in [6, 6.07) is 13.6. The minimum absolute atomic E-state index is 0.0860. The number of halogens is 1. The molecule has 1 atom stereocenters. The monoisotopic (exact) mass is 430 g/mol. The van der Waals surface area contributed by atoms with Gasteiger partial charge in [0.05, 0.1) is 0 Å². The summed E-state index contributed by atoms with van der Waals surface area (Å²) >= 11 is 1.62. The van der Waals surface area contributed by atoms with Crippen LogP contribution in [0.4, 0.5) is 4.39 Å². The predicted molar refractivity (Wildman–Crippen MR) is 121 cm³/mol. The van der Waals surface area contributed by atoms with Gasteiger partial charge in [-0.1, -0.05) is 43.2 Å². The van der Waals surface area contributed by atoms with Crippen LogP contribution < -0.4 is 5.32 Å². The minimum Gasteiger partial charge on any atom is -0.354 e. The highest BCUT2D eigenvalue weighted by atomic mass is 32.2. The number of hydrogen-bond acceptors (Lipinski definition) is 3. The van der Waals surface area contributed by atoms with E-state index >= 15 is 0 Å². The Labute approximate surface area is 183 Å². The van der Waals surface area contributed by atoms with Crippen LogP contribution in [0.15, 0.2) is 53.4 Å². The second-order valence-corrected chi connectivity index (χ2v) is 8.55. The SMILES string of the molecule is CCCCNC(=O)[C@@H](C)N(Cc1ccc(F)cc1)C(=O)CCSc1ccc(C)cc1. The fourth-order valence-corrected chi connectivity index (χ4v) is 3.78. The molecule has 0 heterocycles. The van der Waals surface area contributed by atoms with Gasteiger partial charge in [0.25, 0.3) is 0 Å². The Hall–Kier alpha value is -2.34. The largest absolute Gasteiger partial charge is 0.354 e. The molecular weight excluding hydrogens is 399 g/mol. The molecule has 0 radical (unpaired) electrons. The van der Waals surface area contributed by atoms with Gasteiger partial charge in [0.1, 0.15) is 11.9 Å². The van der Waals surface area contributed by atoms with Gasteiger partial charge in [0.15, 0.2) is 0 Å². The van der Waals surface area contributed by atoms with Crippen LogP contribution in [0.3, 0.4) is 0 Å². The molecule has 1 N–H and O–H groups in total. The average Bonchev–Trinajstić information content (AvgIpc) is 2.74. The molecule has 2 aromatic carbocycles. The van der Waals surface area contributed by atoms with Gasteiger partial charge < -0.3 is 10.2 Å². The van der Waals surface area contributed by atoms with E-state index in [1.165, 1.54) is 17.7 Å². The lowest BCUT2D eigenvalue weighted by Crippen LogP contribution is -2.47. The molecule has 0 aromatic heterocycles. The Morgan fingerprint density at radius 2 is 1.77 bits per heavy atom. The lowest BCUT2D eigenvalue weighted by atomic mass is 10.1. The van der Waals surface area contributed by atoms with Gasteiger partial charge in [-0.25, -0.2) is 4.39 Å². The van der Waals surface area contributed by atoms with Crippen LogP contribution in [0.1, 0.15) is 44.2 Å². The molecule has 0 aliphatic rings. The van der Waals surface area contributed by atoms with Crippen LogP contribution in [0.25, 0.3) is 0 Å². The summed E-state index contributed by atoms with van der Waals surface area (Å²) in [5.41, 5.74) is 1.99. The predicted octanol–water partition coefficient (Wildman–Crippen LogP) is 4.95. The highest BCUT2D eigenvalue weighted by Gasteiger charge is 2.25. The van der Waals surface area contributed by atoms with Gasteiger partial charge in [-0.2, -0.15) is 0 Å². The maximum absolute atomic E-state index is 13.2. The van der Waals surface area contributed by atoms with E-state index in [-0.39, 0.29) is 24.2 Å². The van der Waals surface area contributed by atoms with Crippen molar-refractivity contribution in [2.45, 2.75) is 57.5 Å². The van der Waals surface area contributed by atoms with E-state index in [0.717, 1.165) is 23.3 Å². The third-order valence-electron chi connectivity index (χ3n) is 4.87. The molecule has 0 spiro atoms. The van der Waals surface area contributed by atoms with E-state index in [4.69, 9.17) is 0 Å². The summed E-state index contributed by atoms with van der Waals surface area (Å²) in [5.74, 6) is 0.0603. The third kappa shape index (κ3) is 7.82. The number of carbonyl (C=O) groups is 2. The smallest absolute Gasteiger partial charge is 0.242 e. The fraction of sp³-hybridized carbons (Fsp3) is 0.417. The number of nitrogens with one attached hydrogen (secondary N) is 1. The van der Waals surface area contributed by atoms with Crippen LogP contribution in [-0.4, -0.2) is 35.1 Å². The van der Waals surface area contributed by atoms with E-state index in [9.17, 15) is 14.0 Å². The van der Waals surface area contributed by atoms with E-state index in [0.29, 0.717) is 18.7 Å². The van der Waals surface area contributed by atoms with Crippen molar-refractivity contribution < 1.29 is 14.0 Å². The van der Waals surface area contributed by atoms with Crippen LogP contribution in [0.2, 0.25) is 0 Å². The fourth-order valence-electron chi connectivity index (χ4n) is 2.94. The van der Waals surface area contributed by atoms with Crippen LogP contribution >= 0.6 is 11.8 Å². The molecule has 0 unspecified atom stereocenters. The first kappa shape index (κ1) is 23.9. The Kier molecular flexibility index (Phi) is 9.87. The first-order valence-corrected chi connectivity index (χ1v) is 11.4. The van der Waals surface area contributed by atoms with Crippen molar-refractivity contribution in [3.63, 3.8) is 0 Å². The molecule has 6 heteroatoms. The highest BCUT2D eigenvalue weighted by Crippen LogP contribution is 2.20. The van der Waals surface area contributed by atoms with E-state index in [1.54, 1.807) is 35.7 Å². The molecule has 30 heavy (non-hydrogen) atoms. The molecular formula is C24H31FN2O2S. The summed E-state index contributed by atoms with van der Waals surface area (Å²) < 4.78 is 13.2. The van der Waals surface area contributed by atoms with Crippen LogP contribution in [0.5, 0.6) is 0 Å². The number of aryl methyl sites for hydroxylation is 1. The lowest BCUT2D eigenvalue weighted by Gasteiger charge is -2.29. The molecule has 0 saturated heterocycles. The van der Waals surface area contributed by atoms with Gasteiger partial charge >= 0.3 is 0 Å². The lowest BCUT2D eigenvalue weighted by molar-refractivity contribution is -0.140. The summed E-state index contributed by atoms with van der Waals surface area (Å²) in [5, 5.41) is 2.90. The summed E-state index contributed by atoms with van der Waals surface area (Å²) in [6.07, 6.45) is 2.22. The number of nitrogens with zero attached hydrogens (tertiary/aromatic N) is 1. The second kappa shape index (κ2) is 12.4. The van der Waals surface area contributed by atoms with Crippen LogP contribution in [0, 0.1) is 12.7 Å². The zero-order chi connectivity index (χ0) is 21.9. The van der Waals surface area contributed by atoms with Crippen molar-refractivity contribution in [1.82, 2.24) is 10.2 Å². The van der Waals surface area contributed by atoms with Gasteiger partial charge in [-0.3, -0.25) is 9.59 Å². The quantitative estimate of drug-likeness (QED) is 0.405. The molecule has 0 aliphatic heterocycles. The molecule has 162 valence electrons. The summed E-state index contributed by atoms with van der Waals surface area (Å²) in [7, 11) is 0. The zero-order valence-electron chi connectivity index (χ0n) is 18.0. The maximum atomic E-state index is 13.2. The number of thioether (sulfide) groups is 1. The van der Waals surface area contributed by atoms with E-state index < -0.39 is 6.04 Å². The van der Waals surface area contributed by atoms with Gasteiger partial charge in [0, 0.05) is 30.2 Å². The third-order valence-corrected chi connectivity index (χ3v) is 5.88. The van der Waals surface area contributed by atoms with Gasteiger partial charge in [-0.15, -0.1) is 11.8 Å². The molecule has 0 saturated carbocycles. The van der Waals surface area contributed by atoms with Crippen molar-refractivity contribution in [3.8, 4) is 0 Å². The minimum atomic E-state index is -0.594. The molecule has 2 amide bonds. The Morgan fingerprint density at radius 3 is 2.40 bits per heavy atom. The first-order valence-electron chi connectivity index (χ1n) is 10.4. The van der Waals surface area contributed by atoms with Crippen LogP contribution in [-0.2, 0) is 16.1 Å². The molecule has 2 rings (SSSR count). The Bertz CT molecular complexity index is 809. The van der Waals surface area contributed by atoms with Gasteiger partial charge in [-0.05, 0) is 50.1 Å². The van der Waals surface area contributed by atoms with Crippen molar-refractivity contribution in [1.29, 1.82) is 0 Å². The maximum Gasteiger partial charge on any atom is 0.242 e. The van der Waals surface area contributed by atoms with Gasteiger partial charge in [0.2, 0.25) is 11.8 Å². The number of benzene rings is 2. The molecule has 0 fully saturated rings. The number of amides is 2. The first-order chi connectivity index (χ1) is 14.4. The van der Waals surface area contributed by atoms with E-state index in [1.807, 2.05) is 31.2 Å². The summed E-state index contributed by atoms with van der Waals surface area (Å²) in [6.45, 7) is 6.72. The molecule has 0 bridgehead atoms. The van der Waals surface area contributed by atoms with Crippen molar-refractivity contribution >= 4 is 23.6 Å². The molecule has 0 aliphatic carbocycles. The Balaban J connectivity index is 2.02. The summed E-state index contributed by atoms with van der Waals surface area (Å²) in [4.78, 5) is 28.3. The highest BCUT2D eigenvalue weighted by molar-refractivity contribution is 7.99. The molecule has 4 nitrogen and oxygen atoms in total. The van der Waals surface area contributed by atoms with Crippen molar-refractivity contribution in [2.75, 3.05) is 12.3 Å². The average molecular weight is 431 g/mol. The zero-order valence-corrected chi connectivity index (χ0v) is 18.8. The van der Waals surface area contributed by atoms with Crippen molar-refractivity contribution in [2.24, 2.45) is 0 Å². The topological polar surface area (TPSA) is 49.4 Å². The molecule has 2 aromatic rings.